The number of carbonyl (C=O) groups is 2. The molecule has 116 valence electrons. The summed E-state index contributed by atoms with van der Waals surface area (Å²) in [7, 11) is 0. The second kappa shape index (κ2) is 9.64. The largest absolute Gasteiger partial charge is 0.356 e. The molecule has 0 saturated heterocycles. The lowest BCUT2D eigenvalue weighted by Gasteiger charge is -2.07. The van der Waals surface area contributed by atoms with E-state index in [9.17, 15) is 9.59 Å². The summed E-state index contributed by atoms with van der Waals surface area (Å²) in [5, 5.41) is 6.69. The average molecular weight is 331 g/mol. The maximum absolute atomic E-state index is 11.7. The Morgan fingerprint density at radius 1 is 1.10 bits per heavy atom. The fourth-order valence-corrected chi connectivity index (χ4v) is 2.27. The number of halogens is 2. The Kier molecular flexibility index (Phi) is 8.16. The molecule has 0 bridgehead atoms. The van der Waals surface area contributed by atoms with Crippen LogP contribution in [0.15, 0.2) is 18.2 Å². The Morgan fingerprint density at radius 3 is 2.52 bits per heavy atom. The first kappa shape index (κ1) is 17.8. The lowest BCUT2D eigenvalue weighted by atomic mass is 10.1. The molecule has 6 heteroatoms. The smallest absolute Gasteiger partial charge is 0.220 e. The first-order chi connectivity index (χ1) is 9.99. The highest BCUT2D eigenvalue weighted by atomic mass is 35.5. The van der Waals surface area contributed by atoms with Crippen LogP contribution in [0.25, 0.3) is 0 Å². The summed E-state index contributed by atoms with van der Waals surface area (Å²) >= 11 is 11.8. The zero-order chi connectivity index (χ0) is 15.7. The van der Waals surface area contributed by atoms with Gasteiger partial charge >= 0.3 is 0 Å². The van der Waals surface area contributed by atoms with Gasteiger partial charge in [0.1, 0.15) is 0 Å². The summed E-state index contributed by atoms with van der Waals surface area (Å²) in [5.74, 6) is -0.0202. The van der Waals surface area contributed by atoms with Crippen LogP contribution in [0.5, 0.6) is 0 Å². The minimum absolute atomic E-state index is 0.000503. The van der Waals surface area contributed by atoms with Crippen LogP contribution in [0, 0.1) is 0 Å². The van der Waals surface area contributed by atoms with Gasteiger partial charge in [-0.05, 0) is 30.5 Å². The highest BCUT2D eigenvalue weighted by Crippen LogP contribution is 2.20. The van der Waals surface area contributed by atoms with E-state index in [-0.39, 0.29) is 11.8 Å². The second-order valence-electron chi connectivity index (χ2n) is 4.81. The minimum Gasteiger partial charge on any atom is -0.356 e. The average Bonchev–Trinajstić information content (AvgIpc) is 2.41. The number of hydrogen-bond donors (Lipinski definition) is 2. The Labute approximate surface area is 135 Å². The number of amides is 2. The van der Waals surface area contributed by atoms with Gasteiger partial charge in [0.2, 0.25) is 11.8 Å². The van der Waals surface area contributed by atoms with Gasteiger partial charge in [0.15, 0.2) is 0 Å². The molecule has 0 aliphatic carbocycles. The third-order valence-corrected chi connectivity index (χ3v) is 3.53. The van der Waals surface area contributed by atoms with Crippen LogP contribution in [0.4, 0.5) is 0 Å². The van der Waals surface area contributed by atoms with Crippen LogP contribution >= 0.6 is 23.2 Å². The Bertz CT molecular complexity index is 493. The number of unbranched alkanes of at least 4 members (excludes halogenated alkanes) is 2. The van der Waals surface area contributed by atoms with E-state index in [1.807, 2.05) is 0 Å². The van der Waals surface area contributed by atoms with E-state index in [2.05, 4.69) is 10.6 Å². The normalized spacial score (nSPS) is 10.2. The second-order valence-corrected chi connectivity index (χ2v) is 5.65. The van der Waals surface area contributed by atoms with Gasteiger partial charge < -0.3 is 10.6 Å². The molecule has 1 aromatic rings. The molecule has 0 aliphatic heterocycles. The van der Waals surface area contributed by atoms with Crippen molar-refractivity contribution in [3.05, 3.63) is 33.8 Å². The number of rotatable bonds is 8. The van der Waals surface area contributed by atoms with Crippen molar-refractivity contribution in [2.45, 2.75) is 39.2 Å². The predicted octanol–water partition coefficient (Wildman–Crippen LogP) is 3.31. The van der Waals surface area contributed by atoms with Gasteiger partial charge in [-0.3, -0.25) is 9.59 Å². The van der Waals surface area contributed by atoms with Gasteiger partial charge in [-0.15, -0.1) is 0 Å². The molecule has 0 aromatic heterocycles. The monoisotopic (exact) mass is 330 g/mol. The molecule has 2 amide bonds. The summed E-state index contributed by atoms with van der Waals surface area (Å²) < 4.78 is 0. The van der Waals surface area contributed by atoms with Crippen molar-refractivity contribution in [2.24, 2.45) is 0 Å². The molecule has 0 spiro atoms. The van der Waals surface area contributed by atoms with Crippen molar-refractivity contribution in [1.29, 1.82) is 0 Å². The van der Waals surface area contributed by atoms with E-state index in [0.29, 0.717) is 29.6 Å². The van der Waals surface area contributed by atoms with E-state index >= 15 is 0 Å². The van der Waals surface area contributed by atoms with E-state index < -0.39 is 0 Å². The fourth-order valence-electron chi connectivity index (χ4n) is 1.80. The molecule has 21 heavy (non-hydrogen) atoms. The van der Waals surface area contributed by atoms with Crippen molar-refractivity contribution >= 4 is 35.0 Å². The van der Waals surface area contributed by atoms with Crippen molar-refractivity contribution in [2.75, 3.05) is 6.54 Å². The van der Waals surface area contributed by atoms with Crippen LogP contribution in [0.2, 0.25) is 10.0 Å². The van der Waals surface area contributed by atoms with Gasteiger partial charge in [-0.1, -0.05) is 35.7 Å². The Balaban J connectivity index is 2.15. The quantitative estimate of drug-likeness (QED) is 0.718. The van der Waals surface area contributed by atoms with Crippen LogP contribution in [0.1, 0.15) is 38.2 Å². The van der Waals surface area contributed by atoms with Crippen molar-refractivity contribution in [3.8, 4) is 0 Å². The first-order valence-corrected chi connectivity index (χ1v) is 7.69. The number of nitrogens with one attached hydrogen (secondary N) is 2. The molecule has 0 saturated carbocycles. The lowest BCUT2D eigenvalue weighted by Crippen LogP contribution is -2.23. The number of benzene rings is 1. The van der Waals surface area contributed by atoms with E-state index in [1.165, 1.54) is 6.92 Å². The first-order valence-electron chi connectivity index (χ1n) is 6.94. The van der Waals surface area contributed by atoms with Gasteiger partial charge in [0, 0.05) is 36.5 Å². The number of hydrogen-bond acceptors (Lipinski definition) is 2. The highest BCUT2D eigenvalue weighted by Gasteiger charge is 2.04. The van der Waals surface area contributed by atoms with Gasteiger partial charge in [-0.25, -0.2) is 0 Å². The Morgan fingerprint density at radius 2 is 1.86 bits per heavy atom. The van der Waals surface area contributed by atoms with Crippen LogP contribution in [-0.4, -0.2) is 18.4 Å². The van der Waals surface area contributed by atoms with E-state index in [4.69, 9.17) is 23.2 Å². The van der Waals surface area contributed by atoms with Crippen molar-refractivity contribution < 1.29 is 9.59 Å². The Hall–Kier alpha value is -1.26. The van der Waals surface area contributed by atoms with Gasteiger partial charge in [0.25, 0.3) is 0 Å². The number of carbonyl (C=O) groups excluding carboxylic acids is 2. The van der Waals surface area contributed by atoms with E-state index in [0.717, 1.165) is 24.8 Å². The molecule has 0 heterocycles. The third kappa shape index (κ3) is 7.93. The molecule has 0 fully saturated rings. The zero-order valence-corrected chi connectivity index (χ0v) is 13.6. The fraction of sp³-hybridized carbons (Fsp3) is 0.467. The highest BCUT2D eigenvalue weighted by molar-refractivity contribution is 6.35. The molecule has 1 rings (SSSR count). The summed E-state index contributed by atoms with van der Waals surface area (Å²) in [5.41, 5.74) is 0.847. The van der Waals surface area contributed by atoms with Crippen LogP contribution < -0.4 is 10.6 Å². The van der Waals surface area contributed by atoms with E-state index in [1.54, 1.807) is 18.2 Å². The minimum atomic E-state index is -0.0208. The zero-order valence-electron chi connectivity index (χ0n) is 12.0. The maximum Gasteiger partial charge on any atom is 0.220 e. The van der Waals surface area contributed by atoms with Gasteiger partial charge in [-0.2, -0.15) is 0 Å². The summed E-state index contributed by atoms with van der Waals surface area (Å²) in [6, 6.07) is 5.21. The SMILES string of the molecule is CC(=O)NCCCCCC(=O)NCc1ccc(Cl)cc1Cl. The summed E-state index contributed by atoms with van der Waals surface area (Å²) in [6.45, 7) is 2.56. The standard InChI is InChI=1S/C15H20Cl2N2O2/c1-11(20)18-8-4-2-3-5-15(21)19-10-12-6-7-13(16)9-14(12)17/h6-7,9H,2-5,8,10H2,1H3,(H,18,20)(H,19,21). The molecule has 0 atom stereocenters. The van der Waals surface area contributed by atoms with Crippen LogP contribution in [0.3, 0.4) is 0 Å². The summed E-state index contributed by atoms with van der Waals surface area (Å²) in [4.78, 5) is 22.3. The molecule has 0 unspecified atom stereocenters. The van der Waals surface area contributed by atoms with Crippen LogP contribution in [-0.2, 0) is 16.1 Å². The predicted molar refractivity (Wildman–Crippen MR) is 85.5 cm³/mol. The molecular formula is C15H20Cl2N2O2. The molecule has 4 nitrogen and oxygen atoms in total. The molecule has 0 radical (unpaired) electrons. The maximum atomic E-state index is 11.7. The third-order valence-electron chi connectivity index (χ3n) is 2.95. The summed E-state index contributed by atoms with van der Waals surface area (Å²) in [6.07, 6.45) is 3.08. The van der Waals surface area contributed by atoms with Crippen molar-refractivity contribution in [3.63, 3.8) is 0 Å². The van der Waals surface area contributed by atoms with Gasteiger partial charge in [0.05, 0.1) is 0 Å². The molecular weight excluding hydrogens is 311 g/mol. The molecule has 0 aliphatic rings. The molecule has 1 aromatic carbocycles. The topological polar surface area (TPSA) is 58.2 Å². The van der Waals surface area contributed by atoms with Crippen molar-refractivity contribution in [1.82, 2.24) is 10.6 Å². The lowest BCUT2D eigenvalue weighted by molar-refractivity contribution is -0.121. The molecule has 2 N–H and O–H groups in total.